The molecule has 0 bridgehead atoms. The molecule has 0 radical (unpaired) electrons. The van der Waals surface area contributed by atoms with Crippen LogP contribution in [0, 0.1) is 35.0 Å². The highest BCUT2D eigenvalue weighted by Gasteiger charge is 2.46. The Morgan fingerprint density at radius 3 is 2.25 bits per heavy atom. The first-order valence-electron chi connectivity index (χ1n) is 10.0. The molecule has 1 aliphatic rings. The van der Waals surface area contributed by atoms with Gasteiger partial charge in [-0.05, 0) is 30.9 Å². The lowest BCUT2D eigenvalue weighted by Gasteiger charge is -2.33. The molecule has 10 heteroatoms. The molecule has 2 atom stereocenters. The van der Waals surface area contributed by atoms with Crippen molar-refractivity contribution in [2.45, 2.75) is 44.8 Å². The number of alkyl halides is 2. The van der Waals surface area contributed by atoms with E-state index in [0.29, 0.717) is 25.0 Å². The lowest BCUT2D eigenvalue weighted by molar-refractivity contribution is -0.265. The summed E-state index contributed by atoms with van der Waals surface area (Å²) in [5.74, 6) is -8.75. The summed E-state index contributed by atoms with van der Waals surface area (Å²) in [5, 5.41) is 0. The quantitative estimate of drug-likeness (QED) is 0.344. The SMILES string of the molecule is CCCc1ccc(OCC2CCC(C(F)(F)Oc3cc(F)c(F)c(F)c3)OC2)c(F)c1F. The van der Waals surface area contributed by atoms with Crippen LogP contribution in [0.5, 0.6) is 11.5 Å². The Kier molecular flexibility index (Phi) is 7.53. The maximum Gasteiger partial charge on any atom is 0.424 e. The summed E-state index contributed by atoms with van der Waals surface area (Å²) in [7, 11) is 0. The van der Waals surface area contributed by atoms with E-state index in [-0.39, 0.29) is 43.3 Å². The summed E-state index contributed by atoms with van der Waals surface area (Å²) in [6, 6.07) is 3.37. The third-order valence-corrected chi connectivity index (χ3v) is 5.08. The highest BCUT2D eigenvalue weighted by Crippen LogP contribution is 2.34. The second-order valence-electron chi connectivity index (χ2n) is 7.54. The molecule has 32 heavy (non-hydrogen) atoms. The van der Waals surface area contributed by atoms with Crippen molar-refractivity contribution in [1.82, 2.24) is 0 Å². The van der Waals surface area contributed by atoms with E-state index in [2.05, 4.69) is 4.74 Å². The maximum atomic E-state index is 14.3. The van der Waals surface area contributed by atoms with Crippen LogP contribution in [0.4, 0.5) is 30.7 Å². The molecule has 3 rings (SSSR count). The highest BCUT2D eigenvalue weighted by atomic mass is 19.3. The van der Waals surface area contributed by atoms with E-state index in [0.717, 1.165) is 0 Å². The molecule has 176 valence electrons. The third-order valence-electron chi connectivity index (χ3n) is 5.08. The summed E-state index contributed by atoms with van der Waals surface area (Å²) >= 11 is 0. The summed E-state index contributed by atoms with van der Waals surface area (Å²) in [5.41, 5.74) is 0.240. The summed E-state index contributed by atoms with van der Waals surface area (Å²) < 4.78 is 111. The van der Waals surface area contributed by atoms with Crippen LogP contribution < -0.4 is 9.47 Å². The average molecular weight is 466 g/mol. The number of aryl methyl sites for hydroxylation is 1. The van der Waals surface area contributed by atoms with E-state index >= 15 is 0 Å². The number of benzene rings is 2. The van der Waals surface area contributed by atoms with Crippen LogP contribution in [0.25, 0.3) is 0 Å². The van der Waals surface area contributed by atoms with Crippen LogP contribution in [0.1, 0.15) is 31.7 Å². The maximum absolute atomic E-state index is 14.3. The molecule has 1 aliphatic heterocycles. The van der Waals surface area contributed by atoms with Crippen molar-refractivity contribution in [2.24, 2.45) is 5.92 Å². The Morgan fingerprint density at radius 2 is 1.66 bits per heavy atom. The van der Waals surface area contributed by atoms with Crippen LogP contribution in [0.3, 0.4) is 0 Å². The van der Waals surface area contributed by atoms with Crippen molar-refractivity contribution in [1.29, 1.82) is 0 Å². The Hall–Kier alpha value is -2.49. The van der Waals surface area contributed by atoms with Gasteiger partial charge in [0.1, 0.15) is 5.75 Å². The van der Waals surface area contributed by atoms with Crippen LogP contribution in [-0.4, -0.2) is 25.4 Å². The van der Waals surface area contributed by atoms with Gasteiger partial charge >= 0.3 is 6.11 Å². The molecule has 0 N–H and O–H groups in total. The summed E-state index contributed by atoms with van der Waals surface area (Å²) in [4.78, 5) is 0. The van der Waals surface area contributed by atoms with E-state index in [4.69, 9.17) is 9.47 Å². The van der Waals surface area contributed by atoms with E-state index in [1.165, 1.54) is 12.1 Å². The first-order valence-corrected chi connectivity index (χ1v) is 10.0. The minimum atomic E-state index is -3.94. The Morgan fingerprint density at radius 1 is 0.969 bits per heavy atom. The van der Waals surface area contributed by atoms with Crippen LogP contribution >= 0.6 is 0 Å². The fraction of sp³-hybridized carbons (Fsp3) is 0.455. The monoisotopic (exact) mass is 466 g/mol. The molecular weight excluding hydrogens is 445 g/mol. The fourth-order valence-electron chi connectivity index (χ4n) is 3.37. The predicted molar refractivity (Wildman–Crippen MR) is 100 cm³/mol. The van der Waals surface area contributed by atoms with Crippen LogP contribution in [0.15, 0.2) is 24.3 Å². The van der Waals surface area contributed by atoms with Gasteiger partial charge in [0.25, 0.3) is 0 Å². The molecular formula is C22H21F7O3. The van der Waals surface area contributed by atoms with Crippen molar-refractivity contribution >= 4 is 0 Å². The molecule has 2 unspecified atom stereocenters. The Bertz CT molecular complexity index is 920. The van der Waals surface area contributed by atoms with Gasteiger partial charge in [-0.1, -0.05) is 19.4 Å². The van der Waals surface area contributed by atoms with E-state index in [1.807, 2.05) is 6.92 Å². The van der Waals surface area contributed by atoms with Gasteiger partial charge in [-0.15, -0.1) is 0 Å². The third kappa shape index (κ3) is 5.46. The first kappa shape index (κ1) is 24.2. The lowest BCUT2D eigenvalue weighted by atomic mass is 9.98. The number of halogens is 7. The van der Waals surface area contributed by atoms with Crippen molar-refractivity contribution in [3.8, 4) is 11.5 Å². The zero-order chi connectivity index (χ0) is 23.5. The van der Waals surface area contributed by atoms with Crippen molar-refractivity contribution in [3.05, 3.63) is 58.9 Å². The molecule has 0 spiro atoms. The normalized spacial score (nSPS) is 19.1. The topological polar surface area (TPSA) is 27.7 Å². The van der Waals surface area contributed by atoms with Crippen molar-refractivity contribution in [3.63, 3.8) is 0 Å². The molecule has 2 aromatic rings. The van der Waals surface area contributed by atoms with Gasteiger partial charge in [0, 0.05) is 18.1 Å². The summed E-state index contributed by atoms with van der Waals surface area (Å²) in [6.45, 7) is 1.56. The molecule has 0 aliphatic carbocycles. The lowest BCUT2D eigenvalue weighted by Crippen LogP contribution is -2.45. The van der Waals surface area contributed by atoms with Gasteiger partial charge in [0.05, 0.1) is 13.2 Å². The van der Waals surface area contributed by atoms with Crippen molar-refractivity contribution in [2.75, 3.05) is 13.2 Å². The molecule has 0 amide bonds. The average Bonchev–Trinajstić information content (AvgIpc) is 2.75. The molecule has 1 saturated heterocycles. The number of rotatable bonds is 8. The number of hydrogen-bond donors (Lipinski definition) is 0. The van der Waals surface area contributed by atoms with Crippen LogP contribution in [0.2, 0.25) is 0 Å². The Balaban J connectivity index is 1.54. The van der Waals surface area contributed by atoms with E-state index < -0.39 is 47.0 Å². The highest BCUT2D eigenvalue weighted by molar-refractivity contribution is 5.31. The minimum absolute atomic E-state index is 0.0863. The first-order chi connectivity index (χ1) is 15.1. The zero-order valence-corrected chi connectivity index (χ0v) is 17.1. The van der Waals surface area contributed by atoms with Crippen molar-refractivity contribution < 1.29 is 44.9 Å². The second kappa shape index (κ2) is 9.97. The van der Waals surface area contributed by atoms with Gasteiger partial charge in [-0.2, -0.15) is 13.2 Å². The standard InChI is InChI=1S/C22H21F7O3/c1-2-3-13-5-6-17(21(27)19(13)25)30-10-12-4-7-18(31-11-12)22(28,29)32-14-8-15(23)20(26)16(24)9-14/h5-6,8-9,12,18H,2-4,7,10-11H2,1H3. The minimum Gasteiger partial charge on any atom is -0.490 e. The molecule has 3 nitrogen and oxygen atoms in total. The van der Waals surface area contributed by atoms with E-state index in [1.54, 1.807) is 0 Å². The smallest absolute Gasteiger partial charge is 0.424 e. The Labute approximate surface area is 180 Å². The van der Waals surface area contributed by atoms with E-state index in [9.17, 15) is 30.7 Å². The van der Waals surface area contributed by atoms with Gasteiger partial charge in [0.2, 0.25) is 5.82 Å². The molecule has 1 heterocycles. The van der Waals surface area contributed by atoms with Gasteiger partial charge in [0.15, 0.2) is 35.1 Å². The number of hydrogen-bond acceptors (Lipinski definition) is 3. The van der Waals surface area contributed by atoms with Crippen LogP contribution in [-0.2, 0) is 11.2 Å². The molecule has 1 fully saturated rings. The molecule has 2 aromatic carbocycles. The largest absolute Gasteiger partial charge is 0.490 e. The molecule has 0 aromatic heterocycles. The van der Waals surface area contributed by atoms with Gasteiger partial charge < -0.3 is 14.2 Å². The predicted octanol–water partition coefficient (Wildman–Crippen LogP) is 6.18. The molecule has 0 saturated carbocycles. The summed E-state index contributed by atoms with van der Waals surface area (Å²) in [6.07, 6.45) is -4.64. The number of ether oxygens (including phenoxy) is 3. The van der Waals surface area contributed by atoms with Gasteiger partial charge in [-0.25, -0.2) is 17.6 Å². The van der Waals surface area contributed by atoms with Gasteiger partial charge in [-0.3, -0.25) is 0 Å². The fourth-order valence-corrected chi connectivity index (χ4v) is 3.37. The second-order valence-corrected chi connectivity index (χ2v) is 7.54. The zero-order valence-electron chi connectivity index (χ0n) is 17.1.